The van der Waals surface area contributed by atoms with Gasteiger partial charge in [-0.15, -0.1) is 0 Å². The van der Waals surface area contributed by atoms with Crippen LogP contribution in [0.15, 0.2) is 47.4 Å². The first-order chi connectivity index (χ1) is 14.8. The van der Waals surface area contributed by atoms with Gasteiger partial charge in [0, 0.05) is 30.6 Å². The highest BCUT2D eigenvalue weighted by Crippen LogP contribution is 2.50. The standard InChI is InChI=1S/C26H38N2O2S/c1-6-8-16-26(17-9-7-2)25(30)24(19-10-13-21(29)14-11-19)22-18-20(27(3)4)12-15-23(22)31-28(26)5/h10-15,18,24-25,29-30H,6-9,16-17H2,1-5H3/t24-,25-/m1/s1. The number of nitrogens with zero attached hydrogens (tertiary/aromatic N) is 2. The fraction of sp³-hybridized carbons (Fsp3) is 0.538. The molecular weight excluding hydrogens is 404 g/mol. The van der Waals surface area contributed by atoms with Crippen molar-refractivity contribution in [2.75, 3.05) is 26.0 Å². The summed E-state index contributed by atoms with van der Waals surface area (Å²) in [5, 5.41) is 22.0. The predicted molar refractivity (Wildman–Crippen MR) is 132 cm³/mol. The number of aliphatic hydroxyl groups is 1. The Labute approximate surface area is 192 Å². The fourth-order valence-electron chi connectivity index (χ4n) is 4.79. The van der Waals surface area contributed by atoms with Gasteiger partial charge in [0.15, 0.2) is 0 Å². The Morgan fingerprint density at radius 2 is 1.61 bits per heavy atom. The van der Waals surface area contributed by atoms with Crippen LogP contribution >= 0.6 is 11.9 Å². The molecule has 0 amide bonds. The number of aliphatic hydroxyl groups excluding tert-OH is 1. The maximum Gasteiger partial charge on any atom is 0.115 e. The van der Waals surface area contributed by atoms with Crippen molar-refractivity contribution in [3.63, 3.8) is 0 Å². The highest BCUT2D eigenvalue weighted by Gasteiger charge is 2.48. The van der Waals surface area contributed by atoms with E-state index in [0.717, 1.165) is 55.3 Å². The Kier molecular flexibility index (Phi) is 7.95. The van der Waals surface area contributed by atoms with E-state index in [1.165, 1.54) is 4.90 Å². The van der Waals surface area contributed by atoms with Gasteiger partial charge in [-0.2, -0.15) is 0 Å². The van der Waals surface area contributed by atoms with E-state index in [0.29, 0.717) is 0 Å². The average Bonchev–Trinajstić information content (AvgIpc) is 2.84. The Morgan fingerprint density at radius 3 is 2.16 bits per heavy atom. The van der Waals surface area contributed by atoms with E-state index in [1.807, 2.05) is 12.1 Å². The van der Waals surface area contributed by atoms with Crippen molar-refractivity contribution >= 4 is 17.6 Å². The molecule has 5 heteroatoms. The predicted octanol–water partition coefficient (Wildman–Crippen LogP) is 6.02. The van der Waals surface area contributed by atoms with Crippen LogP contribution in [0.2, 0.25) is 0 Å². The molecule has 3 rings (SSSR count). The fourth-order valence-corrected chi connectivity index (χ4v) is 5.98. The van der Waals surface area contributed by atoms with Crippen LogP contribution in [0.5, 0.6) is 5.75 Å². The summed E-state index contributed by atoms with van der Waals surface area (Å²) in [6.45, 7) is 4.44. The molecular formula is C26H38N2O2S. The van der Waals surface area contributed by atoms with Crippen LogP contribution in [0.3, 0.4) is 0 Å². The summed E-state index contributed by atoms with van der Waals surface area (Å²) in [5.74, 6) is 0.102. The van der Waals surface area contributed by atoms with E-state index in [2.05, 4.69) is 62.4 Å². The highest BCUT2D eigenvalue weighted by atomic mass is 32.2. The first-order valence-corrected chi connectivity index (χ1v) is 12.3. The zero-order valence-electron chi connectivity index (χ0n) is 19.6. The van der Waals surface area contributed by atoms with Gasteiger partial charge in [-0.25, -0.2) is 4.31 Å². The number of unbranched alkanes of at least 4 members (excludes halogenated alkanes) is 2. The van der Waals surface area contributed by atoms with Crippen molar-refractivity contribution in [1.82, 2.24) is 4.31 Å². The second-order valence-corrected chi connectivity index (χ2v) is 10.2. The third kappa shape index (κ3) is 4.89. The number of aromatic hydroxyl groups is 1. The lowest BCUT2D eigenvalue weighted by molar-refractivity contribution is 0.000481. The number of hydrogen-bond donors (Lipinski definition) is 2. The van der Waals surface area contributed by atoms with Crippen molar-refractivity contribution in [2.45, 2.75) is 74.8 Å². The van der Waals surface area contributed by atoms with E-state index in [4.69, 9.17) is 0 Å². The molecule has 0 spiro atoms. The van der Waals surface area contributed by atoms with Crippen LogP contribution < -0.4 is 4.90 Å². The van der Waals surface area contributed by atoms with Crippen LogP contribution in [-0.4, -0.2) is 47.3 Å². The van der Waals surface area contributed by atoms with Crippen LogP contribution in [0.4, 0.5) is 5.69 Å². The van der Waals surface area contributed by atoms with Crippen LogP contribution in [0.1, 0.15) is 69.4 Å². The molecule has 1 aliphatic rings. The first kappa shape index (κ1) is 24.0. The molecule has 0 fully saturated rings. The quantitative estimate of drug-likeness (QED) is 0.489. The largest absolute Gasteiger partial charge is 0.508 e. The molecule has 0 bridgehead atoms. The molecule has 170 valence electrons. The summed E-state index contributed by atoms with van der Waals surface area (Å²) >= 11 is 1.77. The smallest absolute Gasteiger partial charge is 0.115 e. The number of anilines is 1. The van der Waals surface area contributed by atoms with Gasteiger partial charge in [-0.3, -0.25) is 0 Å². The molecule has 0 saturated heterocycles. The lowest BCUT2D eigenvalue weighted by atomic mass is 9.72. The molecule has 0 saturated carbocycles. The molecule has 0 aliphatic carbocycles. The number of rotatable bonds is 8. The lowest BCUT2D eigenvalue weighted by Gasteiger charge is -2.45. The molecule has 0 radical (unpaired) electrons. The summed E-state index contributed by atoms with van der Waals surface area (Å²) in [6, 6.07) is 14.0. The molecule has 2 N–H and O–H groups in total. The second kappa shape index (κ2) is 10.3. The summed E-state index contributed by atoms with van der Waals surface area (Å²) in [7, 11) is 6.26. The minimum absolute atomic E-state index is 0.151. The minimum atomic E-state index is -0.550. The topological polar surface area (TPSA) is 46.9 Å². The van der Waals surface area contributed by atoms with Crippen molar-refractivity contribution < 1.29 is 10.2 Å². The van der Waals surface area contributed by atoms with Crippen molar-refractivity contribution in [2.24, 2.45) is 0 Å². The Bertz CT molecular complexity index is 845. The Balaban J connectivity index is 2.20. The molecule has 2 aromatic carbocycles. The maximum absolute atomic E-state index is 12.2. The van der Waals surface area contributed by atoms with Gasteiger partial charge in [0.1, 0.15) is 5.75 Å². The van der Waals surface area contributed by atoms with Gasteiger partial charge in [-0.05, 0) is 73.3 Å². The molecule has 2 aromatic rings. The molecule has 0 aromatic heterocycles. The molecule has 1 heterocycles. The number of phenols is 1. The molecule has 2 atom stereocenters. The molecule has 0 unspecified atom stereocenters. The zero-order valence-corrected chi connectivity index (χ0v) is 20.5. The third-order valence-corrected chi connectivity index (χ3v) is 7.96. The van der Waals surface area contributed by atoms with Gasteiger partial charge >= 0.3 is 0 Å². The van der Waals surface area contributed by atoms with Gasteiger partial charge in [-0.1, -0.05) is 51.7 Å². The normalized spacial score (nSPS) is 20.8. The van der Waals surface area contributed by atoms with Crippen molar-refractivity contribution in [3.05, 3.63) is 53.6 Å². The maximum atomic E-state index is 12.2. The van der Waals surface area contributed by atoms with Crippen molar-refractivity contribution in [1.29, 1.82) is 0 Å². The Morgan fingerprint density at radius 1 is 1.00 bits per heavy atom. The summed E-state index contributed by atoms with van der Waals surface area (Å²) < 4.78 is 2.34. The van der Waals surface area contributed by atoms with Gasteiger partial charge < -0.3 is 15.1 Å². The first-order valence-electron chi connectivity index (χ1n) is 11.5. The summed E-state index contributed by atoms with van der Waals surface area (Å²) in [4.78, 5) is 3.31. The molecule has 4 nitrogen and oxygen atoms in total. The highest BCUT2D eigenvalue weighted by molar-refractivity contribution is 7.97. The van der Waals surface area contributed by atoms with E-state index in [9.17, 15) is 10.2 Å². The number of benzene rings is 2. The van der Waals surface area contributed by atoms with Gasteiger partial charge in [0.25, 0.3) is 0 Å². The number of hydrogen-bond acceptors (Lipinski definition) is 5. The average molecular weight is 443 g/mol. The van der Waals surface area contributed by atoms with E-state index >= 15 is 0 Å². The zero-order chi connectivity index (χ0) is 22.6. The summed E-state index contributed by atoms with van der Waals surface area (Å²) in [5.41, 5.74) is 3.04. The van der Waals surface area contributed by atoms with E-state index in [-0.39, 0.29) is 17.2 Å². The monoisotopic (exact) mass is 442 g/mol. The van der Waals surface area contributed by atoms with Crippen LogP contribution in [0, 0.1) is 0 Å². The molecule has 31 heavy (non-hydrogen) atoms. The minimum Gasteiger partial charge on any atom is -0.508 e. The van der Waals surface area contributed by atoms with Crippen LogP contribution in [0.25, 0.3) is 0 Å². The van der Waals surface area contributed by atoms with Crippen LogP contribution in [-0.2, 0) is 0 Å². The number of fused-ring (bicyclic) bond motifs is 1. The van der Waals surface area contributed by atoms with Gasteiger partial charge in [0.2, 0.25) is 0 Å². The second-order valence-electron chi connectivity index (χ2n) is 9.03. The van der Waals surface area contributed by atoms with Crippen molar-refractivity contribution in [3.8, 4) is 5.75 Å². The van der Waals surface area contributed by atoms with E-state index in [1.54, 1.807) is 24.1 Å². The SMILES string of the molecule is CCCCC1(CCCC)[C@H](O)[C@H](c2ccc(O)cc2)c2cc(N(C)C)ccc2SN1C. The van der Waals surface area contributed by atoms with Gasteiger partial charge in [0.05, 0.1) is 11.6 Å². The van der Waals surface area contributed by atoms with E-state index < -0.39 is 6.10 Å². The summed E-state index contributed by atoms with van der Waals surface area (Å²) in [6.07, 6.45) is 5.79. The number of phenolic OH excluding ortho intramolecular Hbond substituents is 1. The number of likely N-dealkylation sites (N-methyl/N-ethyl adjacent to an activating group) is 1. The molecule has 1 aliphatic heterocycles. The lowest BCUT2D eigenvalue weighted by Crippen LogP contribution is -2.54. The third-order valence-electron chi connectivity index (χ3n) is 6.75. The Hall–Kier alpha value is -1.69.